The van der Waals surface area contributed by atoms with Gasteiger partial charge >= 0.3 is 5.97 Å². The van der Waals surface area contributed by atoms with E-state index in [1.807, 2.05) is 60.7 Å². The van der Waals surface area contributed by atoms with E-state index in [1.165, 1.54) is 270 Å². The Kier molecular flexibility index (Phi) is 47.6. The van der Waals surface area contributed by atoms with Gasteiger partial charge in [0.05, 0.1) is 25.4 Å². The van der Waals surface area contributed by atoms with E-state index in [9.17, 15) is 4.79 Å². The highest BCUT2D eigenvalue weighted by molar-refractivity contribution is 5.92. The summed E-state index contributed by atoms with van der Waals surface area (Å²) in [6, 6.07) is 21.4. The lowest BCUT2D eigenvalue weighted by molar-refractivity contribution is 0.0471. The Labute approximate surface area is 500 Å². The van der Waals surface area contributed by atoms with Crippen LogP contribution in [-0.4, -0.2) is 25.8 Å². The predicted octanol–water partition coefficient (Wildman–Crippen LogP) is 24.4. The molecule has 3 aromatic rings. The fraction of sp³-hybridized carbons (Fsp3) is 0.724. The summed E-state index contributed by atoms with van der Waals surface area (Å²) < 4.78 is 26.1. The highest BCUT2D eigenvalue weighted by atomic mass is 16.5. The second-order valence-corrected chi connectivity index (χ2v) is 24.1. The highest BCUT2D eigenvalue weighted by Gasteiger charge is 2.19. The van der Waals surface area contributed by atoms with Gasteiger partial charge in [-0.05, 0) is 61.2 Å². The predicted molar refractivity (Wildman–Crippen MR) is 350 cm³/mol. The van der Waals surface area contributed by atoms with Crippen molar-refractivity contribution in [3.63, 3.8) is 0 Å². The molecule has 5 heteroatoms. The Morgan fingerprint density at radius 3 is 0.975 bits per heavy atom. The Bertz CT molecular complexity index is 1870. The zero-order valence-electron chi connectivity index (χ0n) is 53.2. The van der Waals surface area contributed by atoms with Gasteiger partial charge in [0.2, 0.25) is 5.75 Å². The second kappa shape index (κ2) is 54.1. The maximum atomic E-state index is 13.8. The first kappa shape index (κ1) is 71.4. The maximum absolute atomic E-state index is 13.8. The van der Waals surface area contributed by atoms with Gasteiger partial charge < -0.3 is 18.9 Å². The van der Waals surface area contributed by atoms with Gasteiger partial charge in [0.1, 0.15) is 6.61 Å². The maximum Gasteiger partial charge on any atom is 0.339 e. The third kappa shape index (κ3) is 40.1. The van der Waals surface area contributed by atoms with Crippen molar-refractivity contribution in [1.82, 2.24) is 0 Å². The van der Waals surface area contributed by atoms with Gasteiger partial charge in [-0.1, -0.05) is 352 Å². The Morgan fingerprint density at radius 1 is 0.333 bits per heavy atom. The van der Waals surface area contributed by atoms with Crippen molar-refractivity contribution in [2.45, 2.75) is 336 Å². The van der Waals surface area contributed by atoms with Gasteiger partial charge in [-0.3, -0.25) is 0 Å². The van der Waals surface area contributed by atoms with Crippen LogP contribution in [0.4, 0.5) is 0 Å². The first-order chi connectivity index (χ1) is 40.2. The van der Waals surface area contributed by atoms with Gasteiger partial charge in [-0.25, -0.2) is 4.79 Å². The number of hydrogen-bond donors (Lipinski definition) is 0. The smallest absolute Gasteiger partial charge is 0.339 e. The number of carbonyl (C=O) groups is 1. The first-order valence-electron chi connectivity index (χ1n) is 35.0. The summed E-state index contributed by atoms with van der Waals surface area (Å²) in [5.74, 6) is 8.10. The fourth-order valence-corrected chi connectivity index (χ4v) is 11.2. The van der Waals surface area contributed by atoms with Crippen LogP contribution in [0.1, 0.15) is 356 Å². The van der Waals surface area contributed by atoms with Crippen LogP contribution in [0.15, 0.2) is 66.7 Å². The van der Waals surface area contributed by atoms with Gasteiger partial charge in [-0.15, -0.1) is 0 Å². The topological polar surface area (TPSA) is 54.0 Å². The van der Waals surface area contributed by atoms with Crippen molar-refractivity contribution in [2.24, 2.45) is 0 Å². The SMILES string of the molecule is CCCCCCCCCCCCCCCCCCOc1cc(COC(=O)c2ccccc2C#Cc2ccccc2)cc(OCCCCCCCCCCCCCCCCCC)c1OCCCCCCCCCCCCCCCCCC. The molecule has 0 spiro atoms. The molecule has 0 aromatic heterocycles. The van der Waals surface area contributed by atoms with E-state index in [-0.39, 0.29) is 6.61 Å². The Hall–Kier alpha value is -3.91. The summed E-state index contributed by atoms with van der Waals surface area (Å²) >= 11 is 0. The van der Waals surface area contributed by atoms with E-state index in [2.05, 4.69) is 32.6 Å². The van der Waals surface area contributed by atoms with Gasteiger partial charge in [0, 0.05) is 11.1 Å². The quantitative estimate of drug-likeness (QED) is 0.0320. The molecule has 458 valence electrons. The van der Waals surface area contributed by atoms with Crippen LogP contribution in [0, 0.1) is 11.8 Å². The highest BCUT2D eigenvalue weighted by Crippen LogP contribution is 2.40. The number of esters is 1. The second-order valence-electron chi connectivity index (χ2n) is 24.1. The van der Waals surface area contributed by atoms with Gasteiger partial charge in [0.15, 0.2) is 11.5 Å². The van der Waals surface area contributed by atoms with Gasteiger partial charge in [-0.2, -0.15) is 0 Å². The van der Waals surface area contributed by atoms with E-state index < -0.39 is 5.97 Å². The number of ether oxygens (including phenoxy) is 4. The van der Waals surface area contributed by atoms with E-state index in [0.717, 1.165) is 49.7 Å². The van der Waals surface area contributed by atoms with Crippen molar-refractivity contribution in [2.75, 3.05) is 19.8 Å². The lowest BCUT2D eigenvalue weighted by Gasteiger charge is -2.19. The van der Waals surface area contributed by atoms with Crippen LogP contribution in [-0.2, 0) is 11.3 Å². The van der Waals surface area contributed by atoms with Crippen molar-refractivity contribution in [1.29, 1.82) is 0 Å². The molecular weight excluding hydrogens is 993 g/mol. The lowest BCUT2D eigenvalue weighted by Crippen LogP contribution is -2.09. The van der Waals surface area contributed by atoms with E-state index in [4.69, 9.17) is 18.9 Å². The molecule has 0 heterocycles. The van der Waals surface area contributed by atoms with Crippen LogP contribution < -0.4 is 14.2 Å². The van der Waals surface area contributed by atoms with E-state index >= 15 is 0 Å². The molecule has 0 aliphatic rings. The standard InChI is InChI=1S/C76H124O5/c1-4-7-10-13-16-19-22-25-28-31-34-37-40-43-46-54-63-78-73-66-70(68-81-76(77)72-60-53-52-59-71(72)62-61-69-57-50-49-51-58-69)67-74(79-64-55-47-44-41-38-35-32-29-26-23-20-17-14-11-8-5-2)75(73)80-65-56-48-45-42-39-36-33-30-27-24-21-18-15-12-9-6-3/h49-53,57-60,66-67H,4-48,54-56,63-65,68H2,1-3H3. The molecule has 0 fully saturated rings. The average Bonchev–Trinajstić information content (AvgIpc) is 3.49. The number of rotatable bonds is 57. The zero-order chi connectivity index (χ0) is 57.4. The third-order valence-corrected chi connectivity index (χ3v) is 16.5. The van der Waals surface area contributed by atoms with E-state index in [1.54, 1.807) is 6.07 Å². The molecule has 81 heavy (non-hydrogen) atoms. The summed E-state index contributed by atoms with van der Waals surface area (Å²) in [7, 11) is 0. The summed E-state index contributed by atoms with van der Waals surface area (Å²) in [4.78, 5) is 13.8. The van der Waals surface area contributed by atoms with Crippen LogP contribution in [0.2, 0.25) is 0 Å². The summed E-state index contributed by atoms with van der Waals surface area (Å²) in [5, 5.41) is 0. The van der Waals surface area contributed by atoms with Gasteiger partial charge in [0.25, 0.3) is 0 Å². The number of carbonyl (C=O) groups excluding carboxylic acids is 1. The molecule has 0 radical (unpaired) electrons. The first-order valence-corrected chi connectivity index (χ1v) is 35.0. The minimum atomic E-state index is -0.400. The zero-order valence-corrected chi connectivity index (χ0v) is 53.2. The van der Waals surface area contributed by atoms with Crippen molar-refractivity contribution in [3.8, 4) is 29.1 Å². The molecule has 0 saturated carbocycles. The Balaban J connectivity index is 1.58. The lowest BCUT2D eigenvalue weighted by atomic mass is 10.0. The molecule has 0 aliphatic heterocycles. The number of benzene rings is 3. The molecule has 0 bridgehead atoms. The van der Waals surface area contributed by atoms with Crippen molar-refractivity contribution < 1.29 is 23.7 Å². The van der Waals surface area contributed by atoms with Crippen LogP contribution in [0.3, 0.4) is 0 Å². The number of unbranched alkanes of at least 4 members (excludes halogenated alkanes) is 45. The molecule has 0 aliphatic carbocycles. The molecule has 3 aromatic carbocycles. The molecule has 0 unspecified atom stereocenters. The minimum absolute atomic E-state index is 0.0868. The molecule has 0 atom stereocenters. The summed E-state index contributed by atoms with van der Waals surface area (Å²) in [6.07, 6.45) is 64.3. The molecular formula is C76H124O5. The summed E-state index contributed by atoms with van der Waals surface area (Å²) in [5.41, 5.74) is 2.83. The van der Waals surface area contributed by atoms with Crippen molar-refractivity contribution >= 4 is 5.97 Å². The number of hydrogen-bond acceptors (Lipinski definition) is 5. The third-order valence-electron chi connectivity index (χ3n) is 16.5. The minimum Gasteiger partial charge on any atom is -0.490 e. The summed E-state index contributed by atoms with van der Waals surface area (Å²) in [6.45, 7) is 8.83. The normalized spacial score (nSPS) is 11.2. The molecule has 0 N–H and O–H groups in total. The van der Waals surface area contributed by atoms with E-state index in [0.29, 0.717) is 48.2 Å². The van der Waals surface area contributed by atoms with Crippen LogP contribution >= 0.6 is 0 Å². The fourth-order valence-electron chi connectivity index (χ4n) is 11.2. The Morgan fingerprint density at radius 2 is 0.630 bits per heavy atom. The molecule has 5 nitrogen and oxygen atoms in total. The van der Waals surface area contributed by atoms with Crippen molar-refractivity contribution in [3.05, 3.63) is 89.0 Å². The molecule has 0 saturated heterocycles. The molecule has 3 rings (SSSR count). The molecule has 0 amide bonds. The largest absolute Gasteiger partial charge is 0.490 e. The monoisotopic (exact) mass is 1120 g/mol. The van der Waals surface area contributed by atoms with Crippen LogP contribution in [0.5, 0.6) is 17.2 Å². The average molecular weight is 1120 g/mol. The van der Waals surface area contributed by atoms with Crippen LogP contribution in [0.25, 0.3) is 0 Å².